The Kier molecular flexibility index (Phi) is 4.39. The van der Waals surface area contributed by atoms with E-state index >= 15 is 0 Å². The van der Waals surface area contributed by atoms with E-state index in [9.17, 15) is 4.79 Å². The van der Waals surface area contributed by atoms with Gasteiger partial charge in [0, 0.05) is 13.6 Å². The molecule has 0 saturated heterocycles. The summed E-state index contributed by atoms with van der Waals surface area (Å²) in [7, 11) is 1.85. The van der Waals surface area contributed by atoms with Crippen molar-refractivity contribution >= 4 is 5.91 Å². The van der Waals surface area contributed by atoms with Crippen molar-refractivity contribution in [1.82, 2.24) is 10.2 Å². The second-order valence-corrected chi connectivity index (χ2v) is 4.26. The molecule has 82 valence electrons. The van der Waals surface area contributed by atoms with E-state index in [1.807, 2.05) is 20.9 Å². The van der Waals surface area contributed by atoms with Crippen LogP contribution in [-0.4, -0.2) is 37.0 Å². The van der Waals surface area contributed by atoms with Gasteiger partial charge in [-0.3, -0.25) is 4.79 Å². The van der Waals surface area contributed by atoms with Crippen molar-refractivity contribution < 1.29 is 4.79 Å². The van der Waals surface area contributed by atoms with Crippen molar-refractivity contribution in [2.45, 2.75) is 39.2 Å². The lowest BCUT2D eigenvalue weighted by Crippen LogP contribution is -2.43. The Labute approximate surface area is 86.9 Å². The third-order valence-electron chi connectivity index (χ3n) is 2.92. The molecule has 3 heteroatoms. The number of carbonyl (C=O) groups is 1. The van der Waals surface area contributed by atoms with Gasteiger partial charge in [-0.15, -0.1) is 0 Å². The molecule has 1 aliphatic rings. The molecule has 1 fully saturated rings. The Bertz CT molecular complexity index is 190. The first-order valence-electron chi connectivity index (χ1n) is 5.63. The maximum atomic E-state index is 11.6. The molecule has 0 aromatic rings. The van der Waals surface area contributed by atoms with Gasteiger partial charge in [0.2, 0.25) is 5.91 Å². The smallest absolute Gasteiger partial charge is 0.239 e. The van der Waals surface area contributed by atoms with Gasteiger partial charge in [-0.1, -0.05) is 12.8 Å². The average Bonchev–Trinajstić information content (AvgIpc) is 2.99. The number of hydrogen-bond donors (Lipinski definition) is 1. The largest absolute Gasteiger partial charge is 0.345 e. The van der Waals surface area contributed by atoms with Crippen LogP contribution in [0.2, 0.25) is 0 Å². The average molecular weight is 198 g/mol. The summed E-state index contributed by atoms with van der Waals surface area (Å²) < 4.78 is 0. The predicted molar refractivity (Wildman–Crippen MR) is 58.1 cm³/mol. The van der Waals surface area contributed by atoms with Gasteiger partial charge in [0.1, 0.15) is 0 Å². The number of rotatable bonds is 6. The minimum atomic E-state index is -0.0290. The molecule has 0 aliphatic heterocycles. The van der Waals surface area contributed by atoms with Gasteiger partial charge in [0.15, 0.2) is 0 Å². The van der Waals surface area contributed by atoms with Crippen LogP contribution < -0.4 is 5.32 Å². The molecule has 1 rings (SSSR count). The Hall–Kier alpha value is -0.570. The number of carbonyl (C=O) groups excluding carboxylic acids is 1. The van der Waals surface area contributed by atoms with Gasteiger partial charge in [0.05, 0.1) is 6.04 Å². The van der Waals surface area contributed by atoms with Gasteiger partial charge in [-0.2, -0.15) is 0 Å². The highest BCUT2D eigenvalue weighted by Crippen LogP contribution is 2.31. The third kappa shape index (κ3) is 3.66. The highest BCUT2D eigenvalue weighted by Gasteiger charge is 2.21. The number of likely N-dealkylation sites (N-methyl/N-ethyl adjacent to an activating group) is 1. The molecule has 1 saturated carbocycles. The molecular weight excluding hydrogens is 176 g/mol. The molecule has 0 aromatic carbocycles. The third-order valence-corrected chi connectivity index (χ3v) is 2.92. The summed E-state index contributed by atoms with van der Waals surface area (Å²) in [4.78, 5) is 13.4. The fraction of sp³-hybridized carbons (Fsp3) is 0.909. The maximum absolute atomic E-state index is 11.6. The van der Waals surface area contributed by atoms with Crippen LogP contribution in [0.25, 0.3) is 0 Å². The van der Waals surface area contributed by atoms with Crippen LogP contribution in [0, 0.1) is 5.92 Å². The topological polar surface area (TPSA) is 32.3 Å². The van der Waals surface area contributed by atoms with Crippen molar-refractivity contribution in [2.75, 3.05) is 20.1 Å². The lowest BCUT2D eigenvalue weighted by Gasteiger charge is -2.20. The highest BCUT2D eigenvalue weighted by molar-refractivity contribution is 5.81. The summed E-state index contributed by atoms with van der Waals surface area (Å²) in [5, 5.41) is 3.28. The molecule has 1 N–H and O–H groups in total. The number of nitrogens with zero attached hydrogens (tertiary/aromatic N) is 1. The summed E-state index contributed by atoms with van der Waals surface area (Å²) in [6.07, 6.45) is 4.01. The van der Waals surface area contributed by atoms with E-state index in [0.717, 1.165) is 19.0 Å². The van der Waals surface area contributed by atoms with E-state index in [1.54, 1.807) is 4.90 Å². The number of hydrogen-bond acceptors (Lipinski definition) is 2. The molecule has 1 atom stereocenters. The van der Waals surface area contributed by atoms with Crippen molar-refractivity contribution in [2.24, 2.45) is 5.92 Å². The summed E-state index contributed by atoms with van der Waals surface area (Å²) in [6, 6.07) is -0.0290. The zero-order valence-electron chi connectivity index (χ0n) is 9.55. The fourth-order valence-corrected chi connectivity index (χ4v) is 1.48. The summed E-state index contributed by atoms with van der Waals surface area (Å²) >= 11 is 0. The van der Waals surface area contributed by atoms with Gasteiger partial charge < -0.3 is 10.2 Å². The molecule has 1 amide bonds. The molecule has 0 aromatic heterocycles. The highest BCUT2D eigenvalue weighted by atomic mass is 16.2. The minimum Gasteiger partial charge on any atom is -0.345 e. The van der Waals surface area contributed by atoms with E-state index in [-0.39, 0.29) is 11.9 Å². The van der Waals surface area contributed by atoms with Crippen molar-refractivity contribution in [1.29, 1.82) is 0 Å². The van der Waals surface area contributed by atoms with Crippen LogP contribution in [0.15, 0.2) is 0 Å². The van der Waals surface area contributed by atoms with Gasteiger partial charge in [-0.05, 0) is 32.7 Å². The van der Waals surface area contributed by atoms with E-state index in [0.29, 0.717) is 0 Å². The summed E-state index contributed by atoms with van der Waals surface area (Å²) in [6.45, 7) is 5.71. The monoisotopic (exact) mass is 198 g/mol. The van der Waals surface area contributed by atoms with E-state index in [2.05, 4.69) is 5.32 Å². The zero-order chi connectivity index (χ0) is 10.6. The fourth-order valence-electron chi connectivity index (χ4n) is 1.48. The Morgan fingerprint density at radius 1 is 1.57 bits per heavy atom. The lowest BCUT2D eigenvalue weighted by atomic mass is 10.2. The van der Waals surface area contributed by atoms with Crippen LogP contribution in [0.4, 0.5) is 0 Å². The molecule has 3 nitrogen and oxygen atoms in total. The van der Waals surface area contributed by atoms with Crippen LogP contribution in [0.3, 0.4) is 0 Å². The standard InChI is InChI=1S/C11H22N2O/c1-4-13(3)11(14)9(2)12-8-7-10-5-6-10/h9-10,12H,4-8H2,1-3H3. The van der Waals surface area contributed by atoms with E-state index in [1.165, 1.54) is 19.3 Å². The molecule has 0 radical (unpaired) electrons. The van der Waals surface area contributed by atoms with Crippen LogP contribution >= 0.6 is 0 Å². The first-order chi connectivity index (χ1) is 6.65. The van der Waals surface area contributed by atoms with Crippen molar-refractivity contribution in [3.63, 3.8) is 0 Å². The normalized spacial score (nSPS) is 17.9. The SMILES string of the molecule is CCN(C)C(=O)C(C)NCCC1CC1. The Balaban J connectivity index is 2.11. The summed E-state index contributed by atoms with van der Waals surface area (Å²) in [5.74, 6) is 1.14. The van der Waals surface area contributed by atoms with E-state index in [4.69, 9.17) is 0 Å². The first-order valence-corrected chi connectivity index (χ1v) is 5.63. The summed E-state index contributed by atoms with van der Waals surface area (Å²) in [5.41, 5.74) is 0. The van der Waals surface area contributed by atoms with Crippen molar-refractivity contribution in [3.8, 4) is 0 Å². The van der Waals surface area contributed by atoms with Crippen LogP contribution in [-0.2, 0) is 4.79 Å². The maximum Gasteiger partial charge on any atom is 0.239 e. The van der Waals surface area contributed by atoms with Crippen LogP contribution in [0.5, 0.6) is 0 Å². The van der Waals surface area contributed by atoms with Gasteiger partial charge in [0.25, 0.3) is 0 Å². The quantitative estimate of drug-likeness (QED) is 0.696. The van der Waals surface area contributed by atoms with Gasteiger partial charge in [-0.25, -0.2) is 0 Å². The number of nitrogens with one attached hydrogen (secondary N) is 1. The molecule has 0 heterocycles. The Morgan fingerprint density at radius 2 is 2.21 bits per heavy atom. The number of amides is 1. The predicted octanol–water partition coefficient (Wildman–Crippen LogP) is 1.24. The lowest BCUT2D eigenvalue weighted by molar-refractivity contribution is -0.131. The second-order valence-electron chi connectivity index (χ2n) is 4.26. The molecule has 14 heavy (non-hydrogen) atoms. The first kappa shape index (κ1) is 11.5. The molecule has 0 bridgehead atoms. The van der Waals surface area contributed by atoms with E-state index < -0.39 is 0 Å². The van der Waals surface area contributed by atoms with Crippen molar-refractivity contribution in [3.05, 3.63) is 0 Å². The van der Waals surface area contributed by atoms with Crippen LogP contribution in [0.1, 0.15) is 33.1 Å². The van der Waals surface area contributed by atoms with Gasteiger partial charge >= 0.3 is 0 Å². The molecule has 1 unspecified atom stereocenters. The zero-order valence-corrected chi connectivity index (χ0v) is 9.55. The molecule has 0 spiro atoms. The molecule has 1 aliphatic carbocycles. The minimum absolute atomic E-state index is 0.0290. The molecular formula is C11H22N2O. The second kappa shape index (κ2) is 5.35. The Morgan fingerprint density at radius 3 is 2.71 bits per heavy atom.